The molecule has 36 heavy (non-hydrogen) atoms. The van der Waals surface area contributed by atoms with Gasteiger partial charge in [0.15, 0.2) is 10.8 Å². The van der Waals surface area contributed by atoms with Gasteiger partial charge in [0, 0.05) is 42.3 Å². The van der Waals surface area contributed by atoms with Gasteiger partial charge in [-0.25, -0.2) is 9.67 Å². The minimum atomic E-state index is -4.60. The van der Waals surface area contributed by atoms with Crippen LogP contribution in [0.2, 0.25) is 10.0 Å². The highest BCUT2D eigenvalue weighted by Crippen LogP contribution is 2.29. The molecule has 0 aliphatic carbocycles. The van der Waals surface area contributed by atoms with Gasteiger partial charge in [0.25, 0.3) is 5.91 Å². The number of halogens is 5. The van der Waals surface area contributed by atoms with E-state index in [-0.39, 0.29) is 29.4 Å². The summed E-state index contributed by atoms with van der Waals surface area (Å²) in [7, 11) is 0. The summed E-state index contributed by atoms with van der Waals surface area (Å²) in [5.41, 5.74) is -0.395. The molecule has 3 aromatic rings. The maximum Gasteiger partial charge on any atom is 0.435 e. The van der Waals surface area contributed by atoms with Crippen LogP contribution in [-0.4, -0.2) is 64.3 Å². The summed E-state index contributed by atoms with van der Waals surface area (Å²) >= 11 is 13.3. The molecule has 1 fully saturated rings. The van der Waals surface area contributed by atoms with Crippen molar-refractivity contribution >= 4 is 51.5 Å². The summed E-state index contributed by atoms with van der Waals surface area (Å²) in [6.45, 7) is 3.54. The van der Waals surface area contributed by atoms with Crippen molar-refractivity contribution in [1.82, 2.24) is 19.7 Å². The molecule has 14 heteroatoms. The smallest absolute Gasteiger partial charge is 0.425 e. The van der Waals surface area contributed by atoms with Crippen LogP contribution >= 0.6 is 34.5 Å². The van der Waals surface area contributed by atoms with Gasteiger partial charge in [-0.15, -0.1) is 11.3 Å². The Labute approximate surface area is 218 Å². The SMILES string of the molecule is Cc1cc(C(F)(F)F)nn1C(=O)CN1CCN(c2nc(CC(=O)Oc3ccc(Cl)cc3Cl)cs2)CC1. The van der Waals surface area contributed by atoms with Crippen molar-refractivity contribution in [3.63, 3.8) is 0 Å². The molecule has 2 aromatic heterocycles. The molecule has 3 heterocycles. The first kappa shape index (κ1) is 26.4. The van der Waals surface area contributed by atoms with Crippen molar-refractivity contribution in [3.05, 3.63) is 56.8 Å². The molecule has 1 aliphatic heterocycles. The maximum atomic E-state index is 12.9. The molecule has 0 N–H and O–H groups in total. The van der Waals surface area contributed by atoms with Crippen LogP contribution in [0.15, 0.2) is 29.6 Å². The Balaban J connectivity index is 1.28. The molecule has 0 radical (unpaired) electrons. The van der Waals surface area contributed by atoms with Crippen LogP contribution < -0.4 is 9.64 Å². The molecule has 1 saturated heterocycles. The molecular formula is C22H20Cl2F3N5O3S. The first-order chi connectivity index (χ1) is 17.0. The summed E-state index contributed by atoms with van der Waals surface area (Å²) < 4.78 is 44.7. The Morgan fingerprint density at radius 1 is 1.14 bits per heavy atom. The Morgan fingerprint density at radius 3 is 2.50 bits per heavy atom. The number of thiazole rings is 1. The number of hydrogen-bond acceptors (Lipinski definition) is 8. The Morgan fingerprint density at radius 2 is 1.86 bits per heavy atom. The molecule has 0 saturated carbocycles. The number of alkyl halides is 3. The van der Waals surface area contributed by atoms with E-state index in [2.05, 4.69) is 10.1 Å². The van der Waals surface area contributed by atoms with E-state index in [1.54, 1.807) is 11.4 Å². The van der Waals surface area contributed by atoms with Crippen LogP contribution in [0.4, 0.5) is 18.3 Å². The monoisotopic (exact) mass is 561 g/mol. The molecule has 4 rings (SSSR count). The van der Waals surface area contributed by atoms with Gasteiger partial charge in [-0.05, 0) is 31.2 Å². The van der Waals surface area contributed by atoms with Crippen LogP contribution in [0.1, 0.15) is 21.9 Å². The molecule has 8 nitrogen and oxygen atoms in total. The Hall–Kier alpha value is -2.67. The lowest BCUT2D eigenvalue weighted by molar-refractivity contribution is -0.141. The van der Waals surface area contributed by atoms with Crippen LogP contribution in [0.5, 0.6) is 5.75 Å². The number of nitrogens with zero attached hydrogens (tertiary/aromatic N) is 5. The van der Waals surface area contributed by atoms with E-state index in [0.29, 0.717) is 36.9 Å². The molecule has 1 aromatic carbocycles. The number of carbonyl (C=O) groups is 2. The molecule has 0 atom stereocenters. The molecule has 192 valence electrons. The highest BCUT2D eigenvalue weighted by atomic mass is 35.5. The third kappa shape index (κ3) is 6.36. The third-order valence-electron chi connectivity index (χ3n) is 5.40. The van der Waals surface area contributed by atoms with Gasteiger partial charge in [-0.3, -0.25) is 14.5 Å². The molecular weight excluding hydrogens is 542 g/mol. The Kier molecular flexibility index (Phi) is 7.88. The number of hydrogen-bond donors (Lipinski definition) is 0. The number of ether oxygens (including phenoxy) is 1. The van der Waals surface area contributed by atoms with E-state index < -0.39 is 23.7 Å². The summed E-state index contributed by atoms with van der Waals surface area (Å²) in [6.07, 6.45) is -4.64. The van der Waals surface area contributed by atoms with Crippen molar-refractivity contribution in [3.8, 4) is 5.75 Å². The van der Waals surface area contributed by atoms with Gasteiger partial charge in [0.05, 0.1) is 23.7 Å². The van der Waals surface area contributed by atoms with E-state index in [9.17, 15) is 22.8 Å². The van der Waals surface area contributed by atoms with Crippen molar-refractivity contribution in [2.45, 2.75) is 19.5 Å². The van der Waals surface area contributed by atoms with E-state index in [0.717, 1.165) is 15.9 Å². The van der Waals surface area contributed by atoms with Crippen LogP contribution in [0, 0.1) is 6.92 Å². The largest absolute Gasteiger partial charge is 0.435 e. The second-order valence-electron chi connectivity index (χ2n) is 8.08. The summed E-state index contributed by atoms with van der Waals surface area (Å²) in [4.78, 5) is 33.2. The summed E-state index contributed by atoms with van der Waals surface area (Å²) in [5, 5.41) is 6.58. The summed E-state index contributed by atoms with van der Waals surface area (Å²) in [6, 6.07) is 5.42. The highest BCUT2D eigenvalue weighted by molar-refractivity contribution is 7.13. The van der Waals surface area contributed by atoms with Gasteiger partial charge < -0.3 is 9.64 Å². The van der Waals surface area contributed by atoms with E-state index in [4.69, 9.17) is 27.9 Å². The quantitative estimate of drug-likeness (QED) is 0.322. The predicted molar refractivity (Wildman–Crippen MR) is 129 cm³/mol. The number of piperazine rings is 1. The molecule has 0 unspecified atom stereocenters. The predicted octanol–water partition coefficient (Wildman–Crippen LogP) is 4.58. The topological polar surface area (TPSA) is 80.6 Å². The number of aryl methyl sites for hydroxylation is 1. The minimum Gasteiger partial charge on any atom is -0.425 e. The van der Waals surface area contributed by atoms with Gasteiger partial charge in [-0.1, -0.05) is 23.2 Å². The molecule has 1 aliphatic rings. The zero-order valence-corrected chi connectivity index (χ0v) is 21.2. The standard InChI is InChI=1S/C22H20Cl2F3N5O3S/c1-13-8-18(22(25,26)27)29-32(13)19(33)11-30-4-6-31(7-5-30)21-28-15(12-36-21)10-20(34)35-17-3-2-14(23)9-16(17)24/h2-3,8-9,12H,4-7,10-11H2,1H3. The number of carbonyl (C=O) groups excluding carboxylic acids is 2. The lowest BCUT2D eigenvalue weighted by Crippen LogP contribution is -2.48. The second-order valence-corrected chi connectivity index (χ2v) is 9.76. The normalized spacial score (nSPS) is 14.8. The first-order valence-corrected chi connectivity index (χ1v) is 12.4. The Bertz CT molecular complexity index is 1270. The van der Waals surface area contributed by atoms with E-state index in [1.165, 1.54) is 30.4 Å². The number of anilines is 1. The second kappa shape index (κ2) is 10.8. The average molecular weight is 562 g/mol. The maximum absolute atomic E-state index is 12.9. The van der Waals surface area contributed by atoms with Crippen molar-refractivity contribution < 1.29 is 27.5 Å². The number of benzene rings is 1. The molecule has 0 amide bonds. The van der Waals surface area contributed by atoms with Crippen LogP contribution in [-0.2, 0) is 17.4 Å². The number of aromatic nitrogens is 3. The fraction of sp³-hybridized carbons (Fsp3) is 0.364. The van der Waals surface area contributed by atoms with Crippen molar-refractivity contribution in [2.24, 2.45) is 0 Å². The van der Waals surface area contributed by atoms with Gasteiger partial charge in [0.2, 0.25) is 0 Å². The average Bonchev–Trinajstić information content (AvgIpc) is 3.43. The highest BCUT2D eigenvalue weighted by Gasteiger charge is 2.35. The molecule has 0 bridgehead atoms. The van der Waals surface area contributed by atoms with Gasteiger partial charge in [-0.2, -0.15) is 18.3 Å². The fourth-order valence-corrected chi connectivity index (χ4v) is 4.93. The van der Waals surface area contributed by atoms with Gasteiger partial charge in [0.1, 0.15) is 5.75 Å². The van der Waals surface area contributed by atoms with Crippen LogP contribution in [0.3, 0.4) is 0 Å². The zero-order chi connectivity index (χ0) is 26.0. The van der Waals surface area contributed by atoms with Crippen molar-refractivity contribution in [1.29, 1.82) is 0 Å². The number of rotatable bonds is 6. The number of esters is 1. The first-order valence-electron chi connectivity index (χ1n) is 10.7. The fourth-order valence-electron chi connectivity index (χ4n) is 3.61. The summed E-state index contributed by atoms with van der Waals surface area (Å²) in [5.74, 6) is -0.818. The lowest BCUT2D eigenvalue weighted by atomic mass is 10.3. The lowest BCUT2D eigenvalue weighted by Gasteiger charge is -2.34. The van der Waals surface area contributed by atoms with Crippen molar-refractivity contribution in [2.75, 3.05) is 37.6 Å². The molecule has 0 spiro atoms. The van der Waals surface area contributed by atoms with E-state index in [1.807, 2.05) is 9.80 Å². The van der Waals surface area contributed by atoms with Crippen LogP contribution in [0.25, 0.3) is 0 Å². The minimum absolute atomic E-state index is 0.0347. The van der Waals surface area contributed by atoms with E-state index >= 15 is 0 Å². The van der Waals surface area contributed by atoms with Gasteiger partial charge >= 0.3 is 12.1 Å². The third-order valence-corrected chi connectivity index (χ3v) is 6.88. The zero-order valence-electron chi connectivity index (χ0n) is 18.9.